The van der Waals surface area contributed by atoms with Gasteiger partial charge in [-0.2, -0.15) is 0 Å². The van der Waals surface area contributed by atoms with E-state index in [0.29, 0.717) is 0 Å². The summed E-state index contributed by atoms with van der Waals surface area (Å²) < 4.78 is 4.40. The summed E-state index contributed by atoms with van der Waals surface area (Å²) in [5.41, 5.74) is 0. The summed E-state index contributed by atoms with van der Waals surface area (Å²) >= 11 is 0. The summed E-state index contributed by atoms with van der Waals surface area (Å²) in [6, 6.07) is 0. The smallest absolute Gasteiger partial charge is 0.240 e. The molecule has 2 heteroatoms. The molecule has 1 heterocycles. The monoisotopic (exact) mass is 333 g/mol. The summed E-state index contributed by atoms with van der Waals surface area (Å²) in [5.74, 6) is 0. The molecule has 138 valence electrons. The van der Waals surface area contributed by atoms with Crippen molar-refractivity contribution in [2.75, 3.05) is 0 Å². The van der Waals surface area contributed by atoms with E-state index in [1.165, 1.54) is 96.4 Å². The van der Waals surface area contributed by atoms with Crippen molar-refractivity contribution in [1.82, 2.24) is 4.57 Å². The van der Waals surface area contributed by atoms with E-state index in [2.05, 4.69) is 54.0 Å². The Morgan fingerprint density at radius 2 is 1.29 bits per heavy atom. The van der Waals surface area contributed by atoms with Crippen LogP contribution in [-0.4, -0.2) is 4.57 Å². The average molecular weight is 334 g/mol. The molecular weight excluding hydrogens is 292 g/mol. The molecule has 1 rings (SSSR count). The summed E-state index contributed by atoms with van der Waals surface area (Å²) in [5, 5.41) is 0. The van der Waals surface area contributed by atoms with Crippen LogP contribution in [0.25, 0.3) is 0 Å². The van der Waals surface area contributed by atoms with Crippen LogP contribution >= 0.6 is 0 Å². The van der Waals surface area contributed by atoms with Gasteiger partial charge in [-0.05, 0) is 38.5 Å². The maximum atomic E-state index is 2.41. The van der Waals surface area contributed by atoms with Crippen LogP contribution in [0.3, 0.4) is 0 Å². The fourth-order valence-electron chi connectivity index (χ4n) is 3.18. The summed E-state index contributed by atoms with van der Waals surface area (Å²) in [7, 11) is 2.08. The molecule has 0 unspecified atom stereocenters. The van der Waals surface area contributed by atoms with E-state index in [4.69, 9.17) is 0 Å². The number of aromatic nitrogens is 2. The van der Waals surface area contributed by atoms with Crippen molar-refractivity contribution in [3.05, 3.63) is 30.9 Å². The molecule has 0 spiro atoms. The van der Waals surface area contributed by atoms with Gasteiger partial charge in [0.15, 0.2) is 0 Å². The molecule has 1 aromatic rings. The van der Waals surface area contributed by atoms with E-state index in [-0.39, 0.29) is 0 Å². The lowest BCUT2D eigenvalue weighted by Crippen LogP contribution is -2.23. The van der Waals surface area contributed by atoms with E-state index in [1.54, 1.807) is 0 Å². The van der Waals surface area contributed by atoms with Gasteiger partial charge in [-0.1, -0.05) is 70.4 Å². The van der Waals surface area contributed by atoms with Gasteiger partial charge in [0.2, 0.25) is 6.33 Å². The number of rotatable bonds is 16. The van der Waals surface area contributed by atoms with Crippen LogP contribution in [0.2, 0.25) is 0 Å². The van der Waals surface area contributed by atoms with Crippen molar-refractivity contribution in [3.63, 3.8) is 0 Å². The molecule has 0 saturated heterocycles. The first-order valence-electron chi connectivity index (χ1n) is 10.5. The lowest BCUT2D eigenvalue weighted by Gasteiger charge is -2.00. The fraction of sp³-hybridized carbons (Fsp3) is 0.773. The van der Waals surface area contributed by atoms with Gasteiger partial charge in [0.25, 0.3) is 0 Å². The highest BCUT2D eigenvalue weighted by Gasteiger charge is 1.99. The minimum absolute atomic E-state index is 1.17. The maximum Gasteiger partial charge on any atom is 0.243 e. The lowest BCUT2D eigenvalue weighted by molar-refractivity contribution is -0.671. The van der Waals surface area contributed by atoms with Gasteiger partial charge >= 0.3 is 0 Å². The largest absolute Gasteiger partial charge is 0.243 e. The third kappa shape index (κ3) is 12.4. The molecule has 0 saturated carbocycles. The Morgan fingerprint density at radius 1 is 0.750 bits per heavy atom. The van der Waals surface area contributed by atoms with Crippen LogP contribution in [0.15, 0.2) is 30.9 Å². The topological polar surface area (TPSA) is 8.81 Å². The molecule has 2 nitrogen and oxygen atoms in total. The fourth-order valence-corrected chi connectivity index (χ4v) is 3.18. The first kappa shape index (κ1) is 21.0. The molecule has 0 aliphatic rings. The average Bonchev–Trinajstić information content (AvgIpc) is 3.00. The van der Waals surface area contributed by atoms with Crippen molar-refractivity contribution in [1.29, 1.82) is 0 Å². The normalized spacial score (nSPS) is 11.6. The van der Waals surface area contributed by atoms with E-state index in [9.17, 15) is 0 Å². The maximum absolute atomic E-state index is 2.41. The van der Waals surface area contributed by atoms with Crippen molar-refractivity contribution in [2.45, 2.75) is 103 Å². The van der Waals surface area contributed by atoms with Gasteiger partial charge in [0.1, 0.15) is 12.4 Å². The first-order chi connectivity index (χ1) is 11.8. The molecular formula is C22H41N2+. The van der Waals surface area contributed by atoms with E-state index in [1.807, 2.05) is 0 Å². The zero-order valence-corrected chi connectivity index (χ0v) is 16.4. The second-order valence-corrected chi connectivity index (χ2v) is 7.25. The Kier molecular flexibility index (Phi) is 13.5. The lowest BCUT2D eigenvalue weighted by atomic mass is 10.1. The van der Waals surface area contributed by atoms with Crippen LogP contribution in [-0.2, 0) is 13.6 Å². The van der Waals surface area contributed by atoms with Crippen molar-refractivity contribution in [2.24, 2.45) is 7.05 Å². The Balaban J connectivity index is 1.76. The van der Waals surface area contributed by atoms with Crippen molar-refractivity contribution >= 4 is 0 Å². The molecule has 0 amide bonds. The van der Waals surface area contributed by atoms with Crippen LogP contribution in [0.5, 0.6) is 0 Å². The predicted molar refractivity (Wildman–Crippen MR) is 105 cm³/mol. The molecule has 0 radical (unpaired) electrons. The van der Waals surface area contributed by atoms with E-state index < -0.39 is 0 Å². The van der Waals surface area contributed by atoms with Gasteiger partial charge in [0, 0.05) is 0 Å². The Hall–Kier alpha value is -1.05. The number of hydrogen-bond donors (Lipinski definition) is 0. The highest BCUT2D eigenvalue weighted by molar-refractivity contribution is 4.81. The highest BCUT2D eigenvalue weighted by atomic mass is 15.1. The van der Waals surface area contributed by atoms with Gasteiger partial charge in [-0.15, -0.1) is 0 Å². The zero-order chi connectivity index (χ0) is 17.3. The number of hydrogen-bond acceptors (Lipinski definition) is 0. The second-order valence-electron chi connectivity index (χ2n) is 7.25. The third-order valence-corrected chi connectivity index (χ3v) is 4.75. The van der Waals surface area contributed by atoms with Gasteiger partial charge in [0.05, 0.1) is 13.6 Å². The standard InChI is InChI=1S/C22H41N2/c1-3-4-5-6-7-8-9-10-11-12-13-14-15-16-17-18-19-24-21-20-23(2)22-24/h10-11,20-22H,3-9,12-19H2,1-2H3/q+1/b11-10+. The van der Waals surface area contributed by atoms with Crippen LogP contribution in [0.1, 0.15) is 96.8 Å². The number of aryl methyl sites for hydroxylation is 2. The first-order valence-corrected chi connectivity index (χ1v) is 10.5. The molecule has 0 fully saturated rings. The molecule has 24 heavy (non-hydrogen) atoms. The van der Waals surface area contributed by atoms with Crippen molar-refractivity contribution < 1.29 is 4.57 Å². The molecule has 0 N–H and O–H groups in total. The van der Waals surface area contributed by atoms with Crippen LogP contribution in [0.4, 0.5) is 0 Å². The molecule has 1 aromatic heterocycles. The van der Waals surface area contributed by atoms with Crippen LogP contribution in [0, 0.1) is 0 Å². The quantitative estimate of drug-likeness (QED) is 0.189. The Bertz CT molecular complexity index is 406. The third-order valence-electron chi connectivity index (χ3n) is 4.75. The summed E-state index contributed by atoms with van der Waals surface area (Å²) in [4.78, 5) is 0. The predicted octanol–water partition coefficient (Wildman–Crippen LogP) is 6.35. The Morgan fingerprint density at radius 3 is 1.83 bits per heavy atom. The summed E-state index contributed by atoms with van der Waals surface area (Å²) in [6.07, 6.45) is 30.6. The van der Waals surface area contributed by atoms with Gasteiger partial charge < -0.3 is 0 Å². The number of allylic oxidation sites excluding steroid dienone is 2. The molecule has 0 aliphatic carbocycles. The van der Waals surface area contributed by atoms with E-state index >= 15 is 0 Å². The van der Waals surface area contributed by atoms with Gasteiger partial charge in [-0.25, -0.2) is 9.13 Å². The second kappa shape index (κ2) is 15.5. The number of nitrogens with zero attached hydrogens (tertiary/aromatic N) is 2. The highest BCUT2D eigenvalue weighted by Crippen LogP contribution is 2.10. The SMILES string of the molecule is CCCCCCCC/C=C/CCCCCCCCn1cc[n+](C)c1. The van der Waals surface area contributed by atoms with Crippen molar-refractivity contribution in [3.8, 4) is 0 Å². The molecule has 0 atom stereocenters. The van der Waals surface area contributed by atoms with E-state index in [0.717, 1.165) is 0 Å². The molecule has 0 bridgehead atoms. The zero-order valence-electron chi connectivity index (χ0n) is 16.4. The van der Waals surface area contributed by atoms with Crippen LogP contribution < -0.4 is 4.57 Å². The minimum atomic E-state index is 1.17. The van der Waals surface area contributed by atoms with Gasteiger partial charge in [-0.3, -0.25) is 0 Å². The summed E-state index contributed by atoms with van der Waals surface area (Å²) in [6.45, 7) is 3.45. The number of unbranched alkanes of at least 4 members (excludes halogenated alkanes) is 12. The Labute approximate surface area is 151 Å². The molecule has 0 aromatic carbocycles. The number of imidazole rings is 1. The minimum Gasteiger partial charge on any atom is -0.240 e. The molecule has 0 aliphatic heterocycles.